The highest BCUT2D eigenvalue weighted by Crippen LogP contribution is 2.20. The molecule has 5 nitrogen and oxygen atoms in total. The molecule has 0 bridgehead atoms. The molecule has 1 heterocycles. The van der Waals surface area contributed by atoms with E-state index in [0.29, 0.717) is 24.1 Å². The maximum Gasteiger partial charge on any atom is 0.219 e. The van der Waals surface area contributed by atoms with E-state index < -0.39 is 0 Å². The zero-order chi connectivity index (χ0) is 17.4. The number of aromatic nitrogens is 1. The van der Waals surface area contributed by atoms with Crippen molar-refractivity contribution in [2.75, 3.05) is 13.6 Å². The fourth-order valence-corrected chi connectivity index (χ4v) is 1.95. The summed E-state index contributed by atoms with van der Waals surface area (Å²) in [6.07, 6.45) is 1.68. The first kappa shape index (κ1) is 21.1. The third-order valence-electron chi connectivity index (χ3n) is 3.20. The summed E-state index contributed by atoms with van der Waals surface area (Å²) in [6.45, 7) is 5.74. The van der Waals surface area contributed by atoms with Crippen LogP contribution >= 0.6 is 24.0 Å². The monoisotopic (exact) mass is 458 g/mol. The molecule has 0 amide bonds. The molecule has 0 atom stereocenters. The van der Waals surface area contributed by atoms with Crippen molar-refractivity contribution >= 4 is 29.9 Å². The van der Waals surface area contributed by atoms with Crippen molar-refractivity contribution in [1.82, 2.24) is 15.6 Å². The molecule has 2 aromatic rings. The summed E-state index contributed by atoms with van der Waals surface area (Å²) in [4.78, 5) is 8.36. The first-order chi connectivity index (χ1) is 11.6. The van der Waals surface area contributed by atoms with Crippen LogP contribution in [0, 0.1) is 11.7 Å². The van der Waals surface area contributed by atoms with Gasteiger partial charge < -0.3 is 15.4 Å². The van der Waals surface area contributed by atoms with Crippen LogP contribution in [0.4, 0.5) is 4.39 Å². The molecule has 0 aliphatic carbocycles. The topological polar surface area (TPSA) is 58.5 Å². The van der Waals surface area contributed by atoms with Gasteiger partial charge in [0.05, 0.1) is 0 Å². The lowest BCUT2D eigenvalue weighted by Crippen LogP contribution is -2.38. The van der Waals surface area contributed by atoms with E-state index in [1.807, 2.05) is 12.1 Å². The summed E-state index contributed by atoms with van der Waals surface area (Å²) < 4.78 is 18.5. The molecular weight excluding hydrogens is 434 g/mol. The van der Waals surface area contributed by atoms with Gasteiger partial charge in [0.1, 0.15) is 11.6 Å². The summed E-state index contributed by atoms with van der Waals surface area (Å²) in [6, 6.07) is 9.59. The minimum atomic E-state index is -0.298. The van der Waals surface area contributed by atoms with Gasteiger partial charge in [-0.2, -0.15) is 0 Å². The second kappa shape index (κ2) is 10.9. The lowest BCUT2D eigenvalue weighted by atomic mass is 10.2. The highest BCUT2D eigenvalue weighted by atomic mass is 127. The van der Waals surface area contributed by atoms with Gasteiger partial charge in [-0.05, 0) is 41.8 Å². The van der Waals surface area contributed by atoms with Gasteiger partial charge in [-0.15, -0.1) is 24.0 Å². The van der Waals surface area contributed by atoms with Crippen LogP contribution in [-0.2, 0) is 6.54 Å². The van der Waals surface area contributed by atoms with Crippen LogP contribution in [0.5, 0.6) is 11.6 Å². The second-order valence-corrected chi connectivity index (χ2v) is 5.76. The van der Waals surface area contributed by atoms with Crippen molar-refractivity contribution in [1.29, 1.82) is 0 Å². The molecular formula is C18H24FIN4O. The number of nitrogens with zero attached hydrogens (tertiary/aromatic N) is 2. The van der Waals surface area contributed by atoms with Crippen molar-refractivity contribution in [3.63, 3.8) is 0 Å². The molecule has 7 heteroatoms. The second-order valence-electron chi connectivity index (χ2n) is 5.76. The summed E-state index contributed by atoms with van der Waals surface area (Å²) in [7, 11) is 1.74. The Balaban J connectivity index is 0.00000312. The molecule has 0 saturated carbocycles. The van der Waals surface area contributed by atoms with E-state index >= 15 is 0 Å². The number of hydrogen-bond acceptors (Lipinski definition) is 3. The number of halogens is 2. The van der Waals surface area contributed by atoms with Gasteiger partial charge in [-0.25, -0.2) is 9.37 Å². The number of guanidine groups is 1. The van der Waals surface area contributed by atoms with Crippen LogP contribution in [0.2, 0.25) is 0 Å². The number of pyridine rings is 1. The Hall–Kier alpha value is -1.90. The summed E-state index contributed by atoms with van der Waals surface area (Å²) in [5, 5.41) is 6.50. The van der Waals surface area contributed by atoms with Crippen LogP contribution in [0.25, 0.3) is 0 Å². The van der Waals surface area contributed by atoms with Gasteiger partial charge in [-0.1, -0.05) is 13.8 Å². The highest BCUT2D eigenvalue weighted by Gasteiger charge is 2.03. The molecule has 0 fully saturated rings. The number of nitrogens with one attached hydrogen (secondary N) is 2. The summed E-state index contributed by atoms with van der Waals surface area (Å²) in [5.41, 5.74) is 1.01. The van der Waals surface area contributed by atoms with E-state index in [1.165, 1.54) is 12.1 Å². The molecule has 0 saturated heterocycles. The molecule has 1 aromatic carbocycles. The van der Waals surface area contributed by atoms with Crippen molar-refractivity contribution < 1.29 is 9.13 Å². The maximum atomic E-state index is 12.9. The van der Waals surface area contributed by atoms with Crippen LogP contribution in [0.3, 0.4) is 0 Å². The number of aliphatic imine (C=N–C) groups is 1. The molecule has 136 valence electrons. The largest absolute Gasteiger partial charge is 0.439 e. The Kier molecular flexibility index (Phi) is 9.18. The molecule has 0 aliphatic heterocycles. The molecule has 2 N–H and O–H groups in total. The number of rotatable bonds is 6. The van der Waals surface area contributed by atoms with Crippen LogP contribution in [0.1, 0.15) is 19.4 Å². The third-order valence-corrected chi connectivity index (χ3v) is 3.20. The van der Waals surface area contributed by atoms with Crippen LogP contribution in [-0.4, -0.2) is 24.5 Å². The fraction of sp³-hybridized carbons (Fsp3) is 0.333. The molecule has 0 spiro atoms. The van der Waals surface area contributed by atoms with Gasteiger partial charge in [-0.3, -0.25) is 4.99 Å². The Morgan fingerprint density at radius 3 is 2.56 bits per heavy atom. The van der Waals surface area contributed by atoms with E-state index in [-0.39, 0.29) is 29.8 Å². The Bertz CT molecular complexity index is 677. The highest BCUT2D eigenvalue weighted by molar-refractivity contribution is 14.0. The zero-order valence-corrected chi connectivity index (χ0v) is 17.0. The molecule has 1 aromatic heterocycles. The Labute approximate surface area is 165 Å². The average Bonchev–Trinajstić information content (AvgIpc) is 2.57. The van der Waals surface area contributed by atoms with E-state index in [2.05, 4.69) is 34.5 Å². The first-order valence-corrected chi connectivity index (χ1v) is 7.89. The normalized spacial score (nSPS) is 11.0. The molecule has 0 aliphatic rings. The summed E-state index contributed by atoms with van der Waals surface area (Å²) in [5.74, 6) is 2.00. The lowest BCUT2D eigenvalue weighted by Gasteiger charge is -2.13. The predicted octanol–water partition coefficient (Wildman–Crippen LogP) is 3.95. The van der Waals surface area contributed by atoms with Crippen molar-refractivity contribution in [3.05, 3.63) is 54.0 Å². The van der Waals surface area contributed by atoms with E-state index in [9.17, 15) is 4.39 Å². The summed E-state index contributed by atoms with van der Waals surface area (Å²) >= 11 is 0. The quantitative estimate of drug-likeness (QED) is 0.391. The van der Waals surface area contributed by atoms with Crippen molar-refractivity contribution in [2.45, 2.75) is 20.4 Å². The number of ether oxygens (including phenoxy) is 1. The minimum Gasteiger partial charge on any atom is -0.439 e. The van der Waals surface area contributed by atoms with Crippen molar-refractivity contribution in [3.8, 4) is 11.6 Å². The van der Waals surface area contributed by atoms with Gasteiger partial charge in [0.25, 0.3) is 0 Å². The zero-order valence-electron chi connectivity index (χ0n) is 14.6. The third kappa shape index (κ3) is 7.68. The standard InChI is InChI=1S/C18H23FN4O.HI/c1-13(2)11-22-18(20-3)23-12-14-8-9-21-17(10-14)24-16-6-4-15(19)5-7-16;/h4-10,13H,11-12H2,1-3H3,(H2,20,22,23);1H. The average molecular weight is 458 g/mol. The molecule has 0 unspecified atom stereocenters. The predicted molar refractivity (Wildman–Crippen MR) is 109 cm³/mol. The molecule has 25 heavy (non-hydrogen) atoms. The van der Waals surface area contributed by atoms with Gasteiger partial charge in [0.15, 0.2) is 5.96 Å². The van der Waals surface area contributed by atoms with Gasteiger partial charge in [0.2, 0.25) is 5.88 Å². The van der Waals surface area contributed by atoms with E-state index in [4.69, 9.17) is 4.74 Å². The van der Waals surface area contributed by atoms with Crippen LogP contribution < -0.4 is 15.4 Å². The molecule has 2 rings (SSSR count). The van der Waals surface area contributed by atoms with Crippen LogP contribution in [0.15, 0.2) is 47.6 Å². The Morgan fingerprint density at radius 1 is 1.20 bits per heavy atom. The smallest absolute Gasteiger partial charge is 0.219 e. The molecule has 0 radical (unpaired) electrons. The van der Waals surface area contributed by atoms with E-state index in [1.54, 1.807) is 25.4 Å². The Morgan fingerprint density at radius 2 is 1.92 bits per heavy atom. The maximum absolute atomic E-state index is 12.9. The fourth-order valence-electron chi connectivity index (χ4n) is 1.95. The van der Waals surface area contributed by atoms with Gasteiger partial charge >= 0.3 is 0 Å². The van der Waals surface area contributed by atoms with E-state index in [0.717, 1.165) is 18.1 Å². The lowest BCUT2D eigenvalue weighted by molar-refractivity contribution is 0.460. The van der Waals surface area contributed by atoms with Gasteiger partial charge in [0, 0.05) is 32.4 Å². The first-order valence-electron chi connectivity index (χ1n) is 7.89. The SMILES string of the molecule is CN=C(NCc1ccnc(Oc2ccc(F)cc2)c1)NCC(C)C.I. The number of benzene rings is 1. The minimum absolute atomic E-state index is 0. The number of hydrogen-bond donors (Lipinski definition) is 2. The van der Waals surface area contributed by atoms with Crippen molar-refractivity contribution in [2.24, 2.45) is 10.9 Å².